The third kappa shape index (κ3) is 2.31. The summed E-state index contributed by atoms with van der Waals surface area (Å²) in [6.07, 6.45) is 8.24. The van der Waals surface area contributed by atoms with E-state index in [4.69, 9.17) is 0 Å². The van der Waals surface area contributed by atoms with E-state index >= 15 is 0 Å². The summed E-state index contributed by atoms with van der Waals surface area (Å²) in [4.78, 5) is 15.0. The molecule has 1 aromatic heterocycles. The Bertz CT molecular complexity index is 692. The summed E-state index contributed by atoms with van der Waals surface area (Å²) < 4.78 is 1.93. The Morgan fingerprint density at radius 3 is 2.75 bits per heavy atom. The number of hydrogen-bond acceptors (Lipinski definition) is 3. The van der Waals surface area contributed by atoms with Gasteiger partial charge in [-0.2, -0.15) is 0 Å². The molecule has 5 heteroatoms. The van der Waals surface area contributed by atoms with Gasteiger partial charge in [0.05, 0.1) is 16.0 Å². The van der Waals surface area contributed by atoms with Crippen LogP contribution < -0.4 is 0 Å². The fourth-order valence-electron chi connectivity index (χ4n) is 2.77. The summed E-state index contributed by atoms with van der Waals surface area (Å²) in [6.45, 7) is 0. The third-order valence-electron chi connectivity index (χ3n) is 3.94. The van der Waals surface area contributed by atoms with Gasteiger partial charge < -0.3 is 4.57 Å². The largest absolute Gasteiger partial charge is 0.327 e. The van der Waals surface area contributed by atoms with Crippen LogP contribution in [0.2, 0.25) is 0 Å². The van der Waals surface area contributed by atoms with E-state index in [0.29, 0.717) is 0 Å². The van der Waals surface area contributed by atoms with Gasteiger partial charge in [0.25, 0.3) is 5.69 Å². The Hall–Kier alpha value is -2.17. The minimum absolute atomic E-state index is 0.109. The lowest BCUT2D eigenvalue weighted by Crippen LogP contribution is -1.97. The maximum Gasteiger partial charge on any atom is 0.271 e. The molecule has 1 aliphatic carbocycles. The van der Waals surface area contributed by atoms with E-state index < -0.39 is 0 Å². The second-order valence-corrected chi connectivity index (χ2v) is 5.32. The minimum Gasteiger partial charge on any atom is -0.327 e. The van der Waals surface area contributed by atoms with Crippen molar-refractivity contribution in [2.24, 2.45) is 7.05 Å². The fraction of sp³-hybridized carbons (Fsp3) is 0.400. The second kappa shape index (κ2) is 5.07. The number of allylic oxidation sites excluding steroid dienone is 1. The first kappa shape index (κ1) is 12.8. The number of benzene rings is 1. The number of nitrogens with zero attached hydrogens (tertiary/aromatic N) is 3. The summed E-state index contributed by atoms with van der Waals surface area (Å²) in [7, 11) is 1.91. The van der Waals surface area contributed by atoms with Gasteiger partial charge in [0.1, 0.15) is 5.82 Å². The average molecular weight is 271 g/mol. The van der Waals surface area contributed by atoms with Crippen molar-refractivity contribution >= 4 is 22.8 Å². The zero-order chi connectivity index (χ0) is 14.1. The smallest absolute Gasteiger partial charge is 0.271 e. The third-order valence-corrected chi connectivity index (χ3v) is 3.94. The molecule has 0 spiro atoms. The lowest BCUT2D eigenvalue weighted by atomic mass is 9.95. The highest BCUT2D eigenvalue weighted by atomic mass is 16.6. The van der Waals surface area contributed by atoms with E-state index in [-0.39, 0.29) is 10.6 Å². The fourth-order valence-corrected chi connectivity index (χ4v) is 2.77. The Morgan fingerprint density at radius 1 is 1.30 bits per heavy atom. The van der Waals surface area contributed by atoms with Crippen LogP contribution in [0.3, 0.4) is 0 Å². The molecule has 0 aliphatic heterocycles. The van der Waals surface area contributed by atoms with Crippen LogP contribution in [0.4, 0.5) is 5.69 Å². The number of nitro benzene ring substituents is 1. The highest BCUT2D eigenvalue weighted by Crippen LogP contribution is 2.26. The van der Waals surface area contributed by atoms with Gasteiger partial charge in [-0.1, -0.05) is 12.0 Å². The number of rotatable bonds is 2. The molecule has 2 aromatic rings. The molecule has 1 heterocycles. The molecule has 1 saturated carbocycles. The lowest BCUT2D eigenvalue weighted by Gasteiger charge is -2.13. The molecule has 104 valence electrons. The van der Waals surface area contributed by atoms with Crippen LogP contribution in [-0.2, 0) is 7.05 Å². The molecule has 0 saturated heterocycles. The second-order valence-electron chi connectivity index (χ2n) is 5.32. The SMILES string of the molecule is Cn1c(C=C2CCCCC2)nc2ccc([N+](=O)[O-])cc21. The van der Waals surface area contributed by atoms with Crippen LogP contribution in [0.15, 0.2) is 23.8 Å². The van der Waals surface area contributed by atoms with Crippen LogP contribution in [0.1, 0.15) is 37.9 Å². The summed E-state index contributed by atoms with van der Waals surface area (Å²) in [5.41, 5.74) is 3.16. The number of aromatic nitrogens is 2. The van der Waals surface area contributed by atoms with E-state index in [2.05, 4.69) is 11.1 Å². The molecule has 1 aliphatic rings. The molecular weight excluding hydrogens is 254 g/mol. The highest BCUT2D eigenvalue weighted by molar-refractivity contribution is 5.80. The number of hydrogen-bond donors (Lipinski definition) is 0. The summed E-state index contributed by atoms with van der Waals surface area (Å²) in [5, 5.41) is 10.8. The Kier molecular flexibility index (Phi) is 3.26. The predicted molar refractivity (Wildman–Crippen MR) is 78.4 cm³/mol. The zero-order valence-electron chi connectivity index (χ0n) is 11.5. The molecule has 20 heavy (non-hydrogen) atoms. The van der Waals surface area contributed by atoms with Crippen molar-refractivity contribution in [3.8, 4) is 0 Å². The summed E-state index contributed by atoms with van der Waals surface area (Å²) in [6, 6.07) is 4.81. The van der Waals surface area contributed by atoms with Gasteiger partial charge in [-0.15, -0.1) is 0 Å². The molecule has 0 amide bonds. The average Bonchev–Trinajstić information content (AvgIpc) is 2.76. The van der Waals surface area contributed by atoms with Crippen LogP contribution in [0, 0.1) is 10.1 Å². The van der Waals surface area contributed by atoms with Crippen molar-refractivity contribution in [2.45, 2.75) is 32.1 Å². The van der Waals surface area contributed by atoms with Gasteiger partial charge in [0.2, 0.25) is 0 Å². The first-order valence-electron chi connectivity index (χ1n) is 6.95. The standard InChI is InChI=1S/C15H17N3O2/c1-17-14-10-12(18(19)20)7-8-13(14)16-15(17)9-11-5-3-2-4-6-11/h7-10H,2-6H2,1H3. The molecule has 1 fully saturated rings. The van der Waals surface area contributed by atoms with Crippen LogP contribution in [-0.4, -0.2) is 14.5 Å². The highest BCUT2D eigenvalue weighted by Gasteiger charge is 2.13. The van der Waals surface area contributed by atoms with Crippen molar-refractivity contribution in [3.05, 3.63) is 39.7 Å². The minimum atomic E-state index is -0.369. The zero-order valence-corrected chi connectivity index (χ0v) is 11.5. The van der Waals surface area contributed by atoms with Crippen molar-refractivity contribution < 1.29 is 4.92 Å². The van der Waals surface area contributed by atoms with E-state index in [0.717, 1.165) is 29.7 Å². The van der Waals surface area contributed by atoms with Gasteiger partial charge >= 0.3 is 0 Å². The molecule has 0 unspecified atom stereocenters. The molecule has 5 nitrogen and oxygen atoms in total. The molecular formula is C15H17N3O2. The molecule has 0 N–H and O–H groups in total. The van der Waals surface area contributed by atoms with Gasteiger partial charge in [0, 0.05) is 19.2 Å². The molecule has 3 rings (SSSR count). The normalized spacial score (nSPS) is 15.6. The number of fused-ring (bicyclic) bond motifs is 1. The number of imidazole rings is 1. The van der Waals surface area contributed by atoms with Gasteiger partial charge in [-0.25, -0.2) is 4.98 Å². The Morgan fingerprint density at radius 2 is 2.05 bits per heavy atom. The first-order valence-corrected chi connectivity index (χ1v) is 6.95. The topological polar surface area (TPSA) is 61.0 Å². The van der Waals surface area contributed by atoms with E-state index in [1.165, 1.54) is 30.9 Å². The summed E-state index contributed by atoms with van der Waals surface area (Å²) >= 11 is 0. The number of non-ortho nitro benzene ring substituents is 1. The van der Waals surface area contributed by atoms with Crippen molar-refractivity contribution in [1.29, 1.82) is 0 Å². The van der Waals surface area contributed by atoms with Crippen LogP contribution >= 0.6 is 0 Å². The quantitative estimate of drug-likeness (QED) is 0.616. The van der Waals surface area contributed by atoms with E-state index in [1.54, 1.807) is 12.1 Å². The van der Waals surface area contributed by atoms with Crippen LogP contribution in [0.5, 0.6) is 0 Å². The first-order chi connectivity index (χ1) is 9.65. The van der Waals surface area contributed by atoms with Crippen molar-refractivity contribution in [1.82, 2.24) is 9.55 Å². The molecule has 0 atom stereocenters. The molecule has 1 aromatic carbocycles. The van der Waals surface area contributed by atoms with Gasteiger partial charge in [-0.05, 0) is 37.8 Å². The Balaban J connectivity index is 2.04. The number of aryl methyl sites for hydroxylation is 1. The summed E-state index contributed by atoms with van der Waals surface area (Å²) in [5.74, 6) is 0.886. The maximum absolute atomic E-state index is 10.8. The van der Waals surface area contributed by atoms with E-state index in [9.17, 15) is 10.1 Å². The van der Waals surface area contributed by atoms with Crippen LogP contribution in [0.25, 0.3) is 17.1 Å². The van der Waals surface area contributed by atoms with E-state index in [1.807, 2.05) is 11.6 Å². The van der Waals surface area contributed by atoms with Crippen molar-refractivity contribution in [3.63, 3.8) is 0 Å². The van der Waals surface area contributed by atoms with Gasteiger partial charge in [-0.3, -0.25) is 10.1 Å². The molecule has 0 bridgehead atoms. The number of nitro groups is 1. The predicted octanol–water partition coefficient (Wildman–Crippen LogP) is 3.83. The lowest BCUT2D eigenvalue weighted by molar-refractivity contribution is -0.384. The Labute approximate surface area is 117 Å². The monoisotopic (exact) mass is 271 g/mol. The molecule has 0 radical (unpaired) electrons. The van der Waals surface area contributed by atoms with Crippen molar-refractivity contribution in [2.75, 3.05) is 0 Å². The van der Waals surface area contributed by atoms with Gasteiger partial charge in [0.15, 0.2) is 0 Å². The maximum atomic E-state index is 10.8.